The number of nitrogens with zero attached hydrogens (tertiary/aromatic N) is 2. The van der Waals surface area contributed by atoms with Gasteiger partial charge in [0.15, 0.2) is 0 Å². The molecule has 0 bridgehead atoms. The number of rotatable bonds is 5. The zero-order valence-electron chi connectivity index (χ0n) is 13.9. The molecule has 0 aliphatic carbocycles. The Morgan fingerprint density at radius 1 is 1.08 bits per heavy atom. The van der Waals surface area contributed by atoms with Gasteiger partial charge < -0.3 is 15.0 Å². The first-order valence-corrected chi connectivity index (χ1v) is 7.84. The Morgan fingerprint density at radius 2 is 1.83 bits per heavy atom. The fourth-order valence-corrected chi connectivity index (χ4v) is 2.84. The Labute approximate surface area is 141 Å². The van der Waals surface area contributed by atoms with Gasteiger partial charge >= 0.3 is 6.09 Å². The van der Waals surface area contributed by atoms with Crippen LogP contribution in [0.2, 0.25) is 0 Å². The fourth-order valence-electron chi connectivity index (χ4n) is 2.84. The predicted octanol–water partition coefficient (Wildman–Crippen LogP) is 3.91. The van der Waals surface area contributed by atoms with Gasteiger partial charge in [-0.2, -0.15) is 0 Å². The van der Waals surface area contributed by atoms with Crippen LogP contribution in [0.1, 0.15) is 11.1 Å². The lowest BCUT2D eigenvalue weighted by molar-refractivity contribution is 0.201. The third kappa shape index (κ3) is 3.41. The molecule has 1 aromatic heterocycles. The summed E-state index contributed by atoms with van der Waals surface area (Å²) in [5.41, 5.74) is 3.81. The van der Waals surface area contributed by atoms with E-state index in [0.717, 1.165) is 28.6 Å². The van der Waals surface area contributed by atoms with Crippen molar-refractivity contribution in [3.63, 3.8) is 0 Å². The molecule has 0 radical (unpaired) electrons. The SMILES string of the molecule is CN(C)Cc1c[nH]c2ccc(N(Cc3ccccc3)C(=O)O)cc12. The molecular weight excluding hydrogens is 302 g/mol. The standard InChI is InChI=1S/C19H21N3O2/c1-21(2)13-15-11-20-18-9-8-16(10-17(15)18)22(19(23)24)12-14-6-4-3-5-7-14/h3-11,20H,12-13H2,1-2H3,(H,23,24). The third-order valence-electron chi connectivity index (χ3n) is 3.96. The summed E-state index contributed by atoms with van der Waals surface area (Å²) in [7, 11) is 4.03. The Bertz CT molecular complexity index is 840. The minimum atomic E-state index is -0.956. The molecule has 24 heavy (non-hydrogen) atoms. The Kier molecular flexibility index (Phi) is 4.53. The number of carboxylic acid groups (broad SMARTS) is 1. The normalized spacial score (nSPS) is 11.1. The maximum absolute atomic E-state index is 11.8. The average molecular weight is 323 g/mol. The molecule has 2 N–H and O–H groups in total. The molecule has 5 nitrogen and oxygen atoms in total. The molecule has 0 saturated heterocycles. The van der Waals surface area contributed by atoms with E-state index in [1.54, 1.807) is 0 Å². The van der Waals surface area contributed by atoms with Crippen molar-refractivity contribution >= 4 is 22.7 Å². The van der Waals surface area contributed by atoms with Gasteiger partial charge in [0.25, 0.3) is 0 Å². The number of fused-ring (bicyclic) bond motifs is 1. The number of aromatic nitrogens is 1. The molecular formula is C19H21N3O2. The van der Waals surface area contributed by atoms with Crippen molar-refractivity contribution in [1.29, 1.82) is 0 Å². The molecule has 0 fully saturated rings. The van der Waals surface area contributed by atoms with E-state index in [9.17, 15) is 9.90 Å². The van der Waals surface area contributed by atoms with Crippen LogP contribution < -0.4 is 4.90 Å². The first kappa shape index (κ1) is 16.1. The van der Waals surface area contributed by atoms with Crippen LogP contribution in [0.3, 0.4) is 0 Å². The number of carbonyl (C=O) groups is 1. The van der Waals surface area contributed by atoms with Gasteiger partial charge in [-0.25, -0.2) is 4.79 Å². The number of hydrogen-bond acceptors (Lipinski definition) is 2. The number of anilines is 1. The Balaban J connectivity index is 1.97. The molecule has 0 saturated carbocycles. The fraction of sp³-hybridized carbons (Fsp3) is 0.211. The van der Waals surface area contributed by atoms with Crippen molar-refractivity contribution in [3.8, 4) is 0 Å². The summed E-state index contributed by atoms with van der Waals surface area (Å²) in [6.45, 7) is 1.13. The largest absolute Gasteiger partial charge is 0.465 e. The number of benzene rings is 2. The maximum Gasteiger partial charge on any atom is 0.412 e. The molecule has 0 atom stereocenters. The Hall–Kier alpha value is -2.79. The summed E-state index contributed by atoms with van der Waals surface area (Å²) in [6, 6.07) is 15.3. The van der Waals surface area contributed by atoms with Crippen molar-refractivity contribution in [3.05, 3.63) is 65.9 Å². The lowest BCUT2D eigenvalue weighted by Gasteiger charge is -2.20. The highest BCUT2D eigenvalue weighted by molar-refractivity contribution is 5.92. The van der Waals surface area contributed by atoms with Crippen LogP contribution >= 0.6 is 0 Å². The van der Waals surface area contributed by atoms with Crippen LogP contribution in [0.15, 0.2) is 54.7 Å². The highest BCUT2D eigenvalue weighted by atomic mass is 16.4. The van der Waals surface area contributed by atoms with E-state index < -0.39 is 6.09 Å². The van der Waals surface area contributed by atoms with Crippen LogP contribution in [-0.4, -0.2) is 35.2 Å². The van der Waals surface area contributed by atoms with Gasteiger partial charge in [-0.15, -0.1) is 0 Å². The second-order valence-corrected chi connectivity index (χ2v) is 6.14. The van der Waals surface area contributed by atoms with E-state index in [2.05, 4.69) is 9.88 Å². The summed E-state index contributed by atoms with van der Waals surface area (Å²) in [6.07, 6.45) is 1.03. The zero-order valence-corrected chi connectivity index (χ0v) is 13.9. The van der Waals surface area contributed by atoms with Crippen LogP contribution in [-0.2, 0) is 13.1 Å². The van der Waals surface area contributed by atoms with E-state index in [0.29, 0.717) is 12.2 Å². The summed E-state index contributed by atoms with van der Waals surface area (Å²) in [5, 5.41) is 10.7. The van der Waals surface area contributed by atoms with Gasteiger partial charge in [-0.1, -0.05) is 30.3 Å². The van der Waals surface area contributed by atoms with Crippen LogP contribution in [0.25, 0.3) is 10.9 Å². The topological polar surface area (TPSA) is 59.6 Å². The molecule has 1 amide bonds. The van der Waals surface area contributed by atoms with Crippen molar-refractivity contribution in [2.45, 2.75) is 13.1 Å². The van der Waals surface area contributed by atoms with E-state index in [1.165, 1.54) is 4.90 Å². The first-order chi connectivity index (χ1) is 11.5. The average Bonchev–Trinajstić information content (AvgIpc) is 2.95. The number of hydrogen-bond donors (Lipinski definition) is 2. The number of aromatic amines is 1. The lowest BCUT2D eigenvalue weighted by atomic mass is 10.1. The molecule has 1 heterocycles. The molecule has 5 heteroatoms. The third-order valence-corrected chi connectivity index (χ3v) is 3.96. The van der Waals surface area contributed by atoms with Gasteiger partial charge in [-0.3, -0.25) is 4.90 Å². The van der Waals surface area contributed by atoms with Gasteiger partial charge in [0.2, 0.25) is 0 Å². The van der Waals surface area contributed by atoms with Crippen molar-refractivity contribution < 1.29 is 9.90 Å². The molecule has 2 aromatic carbocycles. The Morgan fingerprint density at radius 3 is 2.50 bits per heavy atom. The van der Waals surface area contributed by atoms with Gasteiger partial charge in [0.1, 0.15) is 0 Å². The molecule has 0 unspecified atom stereocenters. The van der Waals surface area contributed by atoms with E-state index >= 15 is 0 Å². The summed E-state index contributed by atoms with van der Waals surface area (Å²) in [5.74, 6) is 0. The smallest absolute Gasteiger partial charge is 0.412 e. The molecule has 0 spiro atoms. The van der Waals surface area contributed by atoms with Crippen LogP contribution in [0, 0.1) is 0 Å². The number of H-pyrrole nitrogens is 1. The first-order valence-electron chi connectivity index (χ1n) is 7.84. The number of amides is 1. The van der Waals surface area contributed by atoms with Crippen molar-refractivity contribution in [1.82, 2.24) is 9.88 Å². The summed E-state index contributed by atoms with van der Waals surface area (Å²) >= 11 is 0. The summed E-state index contributed by atoms with van der Waals surface area (Å²) in [4.78, 5) is 18.5. The monoisotopic (exact) mass is 323 g/mol. The van der Waals surface area contributed by atoms with Gasteiger partial charge in [0.05, 0.1) is 6.54 Å². The lowest BCUT2D eigenvalue weighted by Crippen LogP contribution is -2.28. The number of nitrogens with one attached hydrogen (secondary N) is 1. The van der Waals surface area contributed by atoms with E-state index in [-0.39, 0.29) is 0 Å². The van der Waals surface area contributed by atoms with Gasteiger partial charge in [-0.05, 0) is 43.4 Å². The minimum Gasteiger partial charge on any atom is -0.465 e. The highest BCUT2D eigenvalue weighted by Crippen LogP contribution is 2.26. The maximum atomic E-state index is 11.8. The second-order valence-electron chi connectivity index (χ2n) is 6.14. The minimum absolute atomic E-state index is 0.328. The van der Waals surface area contributed by atoms with E-state index in [1.807, 2.05) is 68.8 Å². The van der Waals surface area contributed by atoms with Crippen molar-refractivity contribution in [2.24, 2.45) is 0 Å². The van der Waals surface area contributed by atoms with Crippen LogP contribution in [0.4, 0.5) is 10.5 Å². The predicted molar refractivity (Wildman–Crippen MR) is 96.3 cm³/mol. The quantitative estimate of drug-likeness (QED) is 0.748. The molecule has 3 rings (SSSR count). The second kappa shape index (κ2) is 6.76. The molecule has 3 aromatic rings. The zero-order chi connectivity index (χ0) is 17.1. The van der Waals surface area contributed by atoms with Crippen LogP contribution in [0.5, 0.6) is 0 Å². The van der Waals surface area contributed by atoms with Crippen molar-refractivity contribution in [2.75, 3.05) is 19.0 Å². The molecule has 0 aliphatic heterocycles. The van der Waals surface area contributed by atoms with Gasteiger partial charge in [0, 0.05) is 29.3 Å². The molecule has 0 aliphatic rings. The highest BCUT2D eigenvalue weighted by Gasteiger charge is 2.16. The summed E-state index contributed by atoms with van der Waals surface area (Å²) < 4.78 is 0. The molecule has 124 valence electrons. The van der Waals surface area contributed by atoms with E-state index in [4.69, 9.17) is 0 Å².